The largest absolute Gasteiger partial charge is 0.495 e. The van der Waals surface area contributed by atoms with Gasteiger partial charge in [-0.1, -0.05) is 42.5 Å². The normalized spacial score (nSPS) is 14.5. The Hall–Kier alpha value is -4.13. The fraction of sp³-hybridized carbons (Fsp3) is 0.300. The number of benzene rings is 3. The summed E-state index contributed by atoms with van der Waals surface area (Å²) >= 11 is 0. The molecule has 0 spiro atoms. The van der Waals surface area contributed by atoms with Crippen LogP contribution in [0.1, 0.15) is 23.5 Å². The van der Waals surface area contributed by atoms with Crippen molar-refractivity contribution in [2.75, 3.05) is 52.4 Å². The van der Waals surface area contributed by atoms with E-state index < -0.39 is 0 Å². The van der Waals surface area contributed by atoms with Crippen LogP contribution in [0.15, 0.2) is 72.9 Å². The van der Waals surface area contributed by atoms with Crippen molar-refractivity contribution in [3.8, 4) is 17.2 Å². The van der Waals surface area contributed by atoms with Crippen LogP contribution in [0.3, 0.4) is 0 Å². The number of para-hydroxylation sites is 4. The standard InChI is InChI=1S/C30H33N3O4/c1-35-27-13-7-6-12-26(27)32-15-17-33(18-16-32)29(34)19-23(22-10-8-14-28(36-2)30(22)37-3)24-20-31-25-11-5-4-9-21(24)25/h4-14,20,23,31H,15-19H2,1-3H3. The van der Waals surface area contributed by atoms with Gasteiger partial charge in [-0.25, -0.2) is 0 Å². The van der Waals surface area contributed by atoms with Crippen LogP contribution in [0.2, 0.25) is 0 Å². The summed E-state index contributed by atoms with van der Waals surface area (Å²) in [6.45, 7) is 2.83. The van der Waals surface area contributed by atoms with Crippen molar-refractivity contribution in [1.82, 2.24) is 9.88 Å². The van der Waals surface area contributed by atoms with E-state index >= 15 is 0 Å². The molecule has 0 aliphatic carbocycles. The molecule has 0 saturated carbocycles. The number of H-pyrrole nitrogens is 1. The topological polar surface area (TPSA) is 67.0 Å². The SMILES string of the molecule is COc1ccccc1N1CCN(C(=O)CC(c2cccc(OC)c2OC)c2c[nH]c3ccccc23)CC1. The summed E-state index contributed by atoms with van der Waals surface area (Å²) in [6.07, 6.45) is 2.35. The van der Waals surface area contributed by atoms with Crippen molar-refractivity contribution in [2.45, 2.75) is 12.3 Å². The Bertz CT molecular complexity index is 1370. The first-order chi connectivity index (χ1) is 18.1. The Morgan fingerprint density at radius 2 is 1.51 bits per heavy atom. The number of carbonyl (C=O) groups excluding carboxylic acids is 1. The zero-order valence-corrected chi connectivity index (χ0v) is 21.6. The molecule has 1 atom stereocenters. The van der Waals surface area contributed by atoms with Crippen LogP contribution in [0.5, 0.6) is 17.2 Å². The second-order valence-electron chi connectivity index (χ2n) is 9.17. The number of aromatic amines is 1. The minimum atomic E-state index is -0.194. The first-order valence-electron chi connectivity index (χ1n) is 12.6. The van der Waals surface area contributed by atoms with E-state index in [-0.39, 0.29) is 11.8 Å². The molecule has 3 aromatic carbocycles. The lowest BCUT2D eigenvalue weighted by Crippen LogP contribution is -2.49. The van der Waals surface area contributed by atoms with Crippen molar-refractivity contribution >= 4 is 22.5 Å². The van der Waals surface area contributed by atoms with E-state index in [0.29, 0.717) is 31.0 Å². The Morgan fingerprint density at radius 1 is 0.811 bits per heavy atom. The van der Waals surface area contributed by atoms with Crippen molar-refractivity contribution in [3.63, 3.8) is 0 Å². The summed E-state index contributed by atoms with van der Waals surface area (Å²) in [4.78, 5) is 21.4. The van der Waals surface area contributed by atoms with E-state index in [4.69, 9.17) is 14.2 Å². The Balaban J connectivity index is 1.41. The summed E-state index contributed by atoms with van der Waals surface area (Å²) in [7, 11) is 4.97. The highest BCUT2D eigenvalue weighted by molar-refractivity contribution is 5.86. The van der Waals surface area contributed by atoms with Crippen molar-refractivity contribution in [3.05, 3.63) is 84.1 Å². The van der Waals surface area contributed by atoms with Crippen LogP contribution < -0.4 is 19.1 Å². The molecular formula is C30H33N3O4. The van der Waals surface area contributed by atoms with Crippen LogP contribution in [-0.2, 0) is 4.79 Å². The van der Waals surface area contributed by atoms with Crippen molar-refractivity contribution < 1.29 is 19.0 Å². The van der Waals surface area contributed by atoms with Gasteiger partial charge in [-0.15, -0.1) is 0 Å². The molecule has 7 heteroatoms. The van der Waals surface area contributed by atoms with Gasteiger partial charge in [0.2, 0.25) is 5.91 Å². The van der Waals surface area contributed by atoms with Gasteiger partial charge in [0.15, 0.2) is 11.5 Å². The maximum atomic E-state index is 13.7. The average molecular weight is 500 g/mol. The van der Waals surface area contributed by atoms with Gasteiger partial charge in [0.1, 0.15) is 5.75 Å². The molecule has 2 heterocycles. The maximum Gasteiger partial charge on any atom is 0.223 e. The van der Waals surface area contributed by atoms with E-state index in [9.17, 15) is 4.79 Å². The second kappa shape index (κ2) is 10.9. The molecule has 1 fully saturated rings. The number of methoxy groups -OCH3 is 3. The third-order valence-corrected chi connectivity index (χ3v) is 7.24. The predicted molar refractivity (Wildman–Crippen MR) is 146 cm³/mol. The molecule has 1 aliphatic heterocycles. The van der Waals surface area contributed by atoms with E-state index in [1.165, 1.54) is 0 Å². The molecular weight excluding hydrogens is 466 g/mol. The van der Waals surface area contributed by atoms with Gasteiger partial charge in [0, 0.05) is 61.2 Å². The summed E-state index contributed by atoms with van der Waals surface area (Å²) in [6, 6.07) is 22.1. The molecule has 1 aromatic heterocycles. The number of rotatable bonds is 8. The second-order valence-corrected chi connectivity index (χ2v) is 9.17. The zero-order chi connectivity index (χ0) is 25.8. The van der Waals surface area contributed by atoms with Gasteiger partial charge in [0.25, 0.3) is 0 Å². The highest BCUT2D eigenvalue weighted by Gasteiger charge is 2.29. The fourth-order valence-electron chi connectivity index (χ4n) is 5.35. The molecule has 1 aliphatic rings. The van der Waals surface area contributed by atoms with Gasteiger partial charge in [-0.2, -0.15) is 0 Å². The number of carbonyl (C=O) groups is 1. The van der Waals surface area contributed by atoms with Gasteiger partial charge in [-0.05, 0) is 29.8 Å². The minimum absolute atomic E-state index is 0.125. The zero-order valence-electron chi connectivity index (χ0n) is 21.6. The molecule has 7 nitrogen and oxygen atoms in total. The number of nitrogens with zero attached hydrogens (tertiary/aromatic N) is 2. The molecule has 5 rings (SSSR count). The van der Waals surface area contributed by atoms with Crippen molar-refractivity contribution in [1.29, 1.82) is 0 Å². The predicted octanol–water partition coefficient (Wildman–Crippen LogP) is 5.06. The highest BCUT2D eigenvalue weighted by atomic mass is 16.5. The van der Waals surface area contributed by atoms with Crippen LogP contribution in [0.25, 0.3) is 10.9 Å². The molecule has 1 saturated heterocycles. The molecule has 37 heavy (non-hydrogen) atoms. The van der Waals surface area contributed by atoms with E-state index in [1.54, 1.807) is 21.3 Å². The number of anilines is 1. The first-order valence-corrected chi connectivity index (χ1v) is 12.6. The Kier molecular flexibility index (Phi) is 7.21. The number of aromatic nitrogens is 1. The van der Waals surface area contributed by atoms with E-state index in [2.05, 4.69) is 28.1 Å². The van der Waals surface area contributed by atoms with Gasteiger partial charge in [-0.3, -0.25) is 4.79 Å². The molecule has 0 bridgehead atoms. The minimum Gasteiger partial charge on any atom is -0.495 e. The number of amides is 1. The lowest BCUT2D eigenvalue weighted by atomic mass is 9.87. The van der Waals surface area contributed by atoms with Gasteiger partial charge >= 0.3 is 0 Å². The molecule has 4 aromatic rings. The fourth-order valence-corrected chi connectivity index (χ4v) is 5.35. The summed E-state index contributed by atoms with van der Waals surface area (Å²) in [5.74, 6) is 2.10. The summed E-state index contributed by atoms with van der Waals surface area (Å²) in [5.41, 5.74) is 4.12. The first kappa shape index (κ1) is 24.6. The quantitative estimate of drug-likeness (QED) is 0.367. The Morgan fingerprint density at radius 3 is 2.27 bits per heavy atom. The molecule has 192 valence electrons. The maximum absolute atomic E-state index is 13.7. The molecule has 1 unspecified atom stereocenters. The van der Waals surface area contributed by atoms with Crippen molar-refractivity contribution in [2.24, 2.45) is 0 Å². The number of nitrogens with one attached hydrogen (secondary N) is 1. The number of ether oxygens (including phenoxy) is 3. The van der Waals surface area contributed by atoms with E-state index in [1.807, 2.05) is 59.6 Å². The average Bonchev–Trinajstić information content (AvgIpc) is 3.39. The lowest BCUT2D eigenvalue weighted by molar-refractivity contribution is -0.131. The van der Waals surface area contributed by atoms with Crippen LogP contribution in [0.4, 0.5) is 5.69 Å². The summed E-state index contributed by atoms with van der Waals surface area (Å²) < 4.78 is 16.9. The van der Waals surface area contributed by atoms with Crippen LogP contribution >= 0.6 is 0 Å². The highest BCUT2D eigenvalue weighted by Crippen LogP contribution is 2.42. The molecule has 0 radical (unpaired) electrons. The number of piperazine rings is 1. The summed E-state index contributed by atoms with van der Waals surface area (Å²) in [5, 5.41) is 1.10. The smallest absolute Gasteiger partial charge is 0.223 e. The third-order valence-electron chi connectivity index (χ3n) is 7.24. The van der Waals surface area contributed by atoms with Crippen LogP contribution in [-0.4, -0.2) is 63.3 Å². The number of hydrogen-bond acceptors (Lipinski definition) is 5. The monoisotopic (exact) mass is 499 g/mol. The molecule has 1 amide bonds. The van der Waals surface area contributed by atoms with Crippen LogP contribution in [0, 0.1) is 0 Å². The number of hydrogen-bond donors (Lipinski definition) is 1. The third kappa shape index (κ3) is 4.81. The van der Waals surface area contributed by atoms with Gasteiger partial charge in [0.05, 0.1) is 27.0 Å². The Labute approximate surface area is 217 Å². The van der Waals surface area contributed by atoms with Gasteiger partial charge < -0.3 is 29.0 Å². The van der Waals surface area contributed by atoms with E-state index in [0.717, 1.165) is 46.6 Å². The lowest BCUT2D eigenvalue weighted by Gasteiger charge is -2.37. The number of fused-ring (bicyclic) bond motifs is 1. The molecule has 1 N–H and O–H groups in total.